The van der Waals surface area contributed by atoms with Crippen LogP contribution in [-0.4, -0.2) is 40.8 Å². The van der Waals surface area contributed by atoms with Crippen LogP contribution in [0.25, 0.3) is 0 Å². The Labute approximate surface area is 169 Å². The van der Waals surface area contributed by atoms with Gasteiger partial charge < -0.3 is 14.2 Å². The highest BCUT2D eigenvalue weighted by atomic mass is 32.3. The molecular formula is C20H34O7S. The number of para-hydroxylation sites is 1. The number of rotatable bonds is 17. The van der Waals surface area contributed by atoms with Crippen LogP contribution < -0.4 is 4.74 Å². The maximum atomic E-state index is 12.3. The minimum absolute atomic E-state index is 0.0522. The van der Waals surface area contributed by atoms with E-state index in [1.807, 2.05) is 6.07 Å². The maximum absolute atomic E-state index is 12.3. The molecule has 7 nitrogen and oxygen atoms in total. The van der Waals surface area contributed by atoms with Crippen LogP contribution in [0.2, 0.25) is 0 Å². The van der Waals surface area contributed by atoms with Gasteiger partial charge in [0.25, 0.3) is 0 Å². The molecule has 0 bridgehead atoms. The Morgan fingerprint density at radius 3 is 2.21 bits per heavy atom. The molecule has 0 aliphatic carbocycles. The molecule has 0 amide bonds. The van der Waals surface area contributed by atoms with E-state index in [1.54, 1.807) is 38.1 Å². The van der Waals surface area contributed by atoms with E-state index in [0.29, 0.717) is 18.8 Å². The van der Waals surface area contributed by atoms with E-state index in [0.717, 1.165) is 19.3 Å². The van der Waals surface area contributed by atoms with Crippen LogP contribution in [0.1, 0.15) is 59.3 Å². The quantitative estimate of drug-likeness (QED) is 0.273. The molecule has 1 aromatic rings. The zero-order valence-corrected chi connectivity index (χ0v) is 18.0. The lowest BCUT2D eigenvalue weighted by Gasteiger charge is -2.31. The lowest BCUT2D eigenvalue weighted by molar-refractivity contribution is -0.320. The van der Waals surface area contributed by atoms with Crippen molar-refractivity contribution >= 4 is 10.4 Å². The zero-order valence-electron chi connectivity index (χ0n) is 17.2. The molecule has 0 aliphatic heterocycles. The smallest absolute Gasteiger partial charge is 0.405 e. The summed E-state index contributed by atoms with van der Waals surface area (Å²) in [7, 11) is -4.34. The maximum Gasteiger partial charge on any atom is 0.405 e. The second-order valence-corrected chi connectivity index (χ2v) is 7.47. The van der Waals surface area contributed by atoms with E-state index in [-0.39, 0.29) is 19.8 Å². The van der Waals surface area contributed by atoms with Crippen molar-refractivity contribution in [3.05, 3.63) is 30.3 Å². The first-order valence-corrected chi connectivity index (χ1v) is 11.4. The first-order valence-electron chi connectivity index (χ1n) is 10.0. The van der Waals surface area contributed by atoms with Gasteiger partial charge in [0.15, 0.2) is 0 Å². The van der Waals surface area contributed by atoms with Crippen molar-refractivity contribution in [1.82, 2.24) is 0 Å². The molecule has 0 aromatic heterocycles. The van der Waals surface area contributed by atoms with Crippen LogP contribution in [0.5, 0.6) is 5.75 Å². The molecule has 1 unspecified atom stereocenters. The van der Waals surface area contributed by atoms with Gasteiger partial charge in [-0.05, 0) is 32.4 Å². The Hall–Kier alpha value is -1.19. The van der Waals surface area contributed by atoms with Gasteiger partial charge >= 0.3 is 16.4 Å². The van der Waals surface area contributed by atoms with Gasteiger partial charge in [0, 0.05) is 6.61 Å². The molecular weight excluding hydrogens is 384 g/mol. The van der Waals surface area contributed by atoms with Crippen LogP contribution in [0.3, 0.4) is 0 Å². The summed E-state index contributed by atoms with van der Waals surface area (Å²) in [5.41, 5.74) is 0. The van der Waals surface area contributed by atoms with E-state index in [1.165, 1.54) is 12.8 Å². The highest BCUT2D eigenvalue weighted by Crippen LogP contribution is 2.24. The zero-order chi connectivity index (χ0) is 20.7. The molecule has 0 spiro atoms. The van der Waals surface area contributed by atoms with Crippen LogP contribution in [0, 0.1) is 0 Å². The van der Waals surface area contributed by atoms with Crippen LogP contribution in [-0.2, 0) is 28.2 Å². The van der Waals surface area contributed by atoms with Crippen molar-refractivity contribution in [2.75, 3.05) is 26.4 Å². The molecule has 28 heavy (non-hydrogen) atoms. The largest absolute Gasteiger partial charge is 0.437 e. The van der Waals surface area contributed by atoms with Crippen molar-refractivity contribution in [1.29, 1.82) is 0 Å². The third kappa shape index (κ3) is 10.4. The molecule has 0 saturated carbocycles. The van der Waals surface area contributed by atoms with Gasteiger partial charge in [-0.1, -0.05) is 57.2 Å². The second-order valence-electron chi connectivity index (χ2n) is 6.25. The standard InChI is InChI=1S/C20H34O7S/c1-4-7-8-9-10-14-17-25-28(21,22)27-20(24-6-3,18-23-5-2)26-19-15-12-11-13-16-19/h11-13,15-16H,4-10,14,17-18H2,1-3H3. The average Bonchev–Trinajstić information content (AvgIpc) is 2.66. The molecule has 8 heteroatoms. The van der Waals surface area contributed by atoms with Crippen molar-refractivity contribution in [2.24, 2.45) is 0 Å². The van der Waals surface area contributed by atoms with Gasteiger partial charge in [0.1, 0.15) is 12.4 Å². The number of hydrogen-bond acceptors (Lipinski definition) is 7. The van der Waals surface area contributed by atoms with Gasteiger partial charge in [-0.2, -0.15) is 12.6 Å². The first kappa shape index (κ1) is 24.8. The molecule has 0 fully saturated rings. The van der Waals surface area contributed by atoms with Crippen molar-refractivity contribution in [3.8, 4) is 5.75 Å². The Kier molecular flexibility index (Phi) is 12.3. The van der Waals surface area contributed by atoms with Crippen LogP contribution >= 0.6 is 0 Å². The topological polar surface area (TPSA) is 80.3 Å². The Morgan fingerprint density at radius 1 is 0.893 bits per heavy atom. The fourth-order valence-corrected chi connectivity index (χ4v) is 3.32. The summed E-state index contributed by atoms with van der Waals surface area (Å²) in [5.74, 6) is -1.56. The Bertz CT molecular complexity index is 606. The summed E-state index contributed by atoms with van der Waals surface area (Å²) < 4.78 is 51.5. The number of benzene rings is 1. The van der Waals surface area contributed by atoms with E-state index >= 15 is 0 Å². The van der Waals surface area contributed by atoms with Gasteiger partial charge in [0.2, 0.25) is 0 Å². The lowest BCUT2D eigenvalue weighted by atomic mass is 10.1. The Morgan fingerprint density at radius 2 is 1.57 bits per heavy atom. The number of unbranched alkanes of at least 4 members (excludes halogenated alkanes) is 5. The van der Waals surface area contributed by atoms with Crippen molar-refractivity contribution < 1.29 is 31.0 Å². The second kappa shape index (κ2) is 13.9. The predicted octanol–water partition coefficient (Wildman–Crippen LogP) is 4.43. The molecule has 0 heterocycles. The van der Waals surface area contributed by atoms with Crippen LogP contribution in [0.4, 0.5) is 0 Å². The summed E-state index contributed by atoms with van der Waals surface area (Å²) in [6.45, 7) is 5.96. The van der Waals surface area contributed by atoms with E-state index in [9.17, 15) is 8.42 Å². The van der Waals surface area contributed by atoms with Crippen molar-refractivity contribution in [3.63, 3.8) is 0 Å². The molecule has 1 aromatic carbocycles. The number of ether oxygens (including phenoxy) is 3. The summed E-state index contributed by atoms with van der Waals surface area (Å²) >= 11 is 0. The fourth-order valence-electron chi connectivity index (χ4n) is 2.50. The van der Waals surface area contributed by atoms with Crippen molar-refractivity contribution in [2.45, 2.75) is 65.3 Å². The summed E-state index contributed by atoms with van der Waals surface area (Å²) in [6.07, 6.45) is 6.10. The lowest BCUT2D eigenvalue weighted by Crippen LogP contribution is -2.48. The monoisotopic (exact) mass is 418 g/mol. The summed E-state index contributed by atoms with van der Waals surface area (Å²) in [5, 5.41) is 0. The minimum atomic E-state index is -4.34. The highest BCUT2D eigenvalue weighted by Gasteiger charge is 2.41. The fraction of sp³-hybridized carbons (Fsp3) is 0.700. The normalized spacial score (nSPS) is 14.0. The predicted molar refractivity (Wildman–Crippen MR) is 107 cm³/mol. The van der Waals surface area contributed by atoms with Gasteiger partial charge in [-0.25, -0.2) is 4.18 Å². The van der Waals surface area contributed by atoms with Gasteiger partial charge in [0.05, 0.1) is 13.2 Å². The summed E-state index contributed by atoms with van der Waals surface area (Å²) in [6, 6.07) is 8.69. The molecule has 0 radical (unpaired) electrons. The Balaban J connectivity index is 2.71. The SMILES string of the molecule is CCCCCCCCOS(=O)(=O)OC(COCC)(OCC)Oc1ccccc1. The third-order valence-corrected chi connectivity index (χ3v) is 4.73. The molecule has 162 valence electrons. The molecule has 1 atom stereocenters. The average molecular weight is 419 g/mol. The van der Waals surface area contributed by atoms with E-state index < -0.39 is 16.4 Å². The summed E-state index contributed by atoms with van der Waals surface area (Å²) in [4.78, 5) is 0. The van der Waals surface area contributed by atoms with Crippen LogP contribution in [0.15, 0.2) is 30.3 Å². The minimum Gasteiger partial charge on any atom is -0.437 e. The van der Waals surface area contributed by atoms with Gasteiger partial charge in [-0.15, -0.1) is 0 Å². The molecule has 0 saturated heterocycles. The third-order valence-electron chi connectivity index (χ3n) is 3.82. The van der Waals surface area contributed by atoms with Gasteiger partial charge in [-0.3, -0.25) is 0 Å². The molecule has 1 rings (SSSR count). The van der Waals surface area contributed by atoms with E-state index in [4.69, 9.17) is 22.6 Å². The number of hydrogen-bond donors (Lipinski definition) is 0. The highest BCUT2D eigenvalue weighted by molar-refractivity contribution is 7.81. The first-order chi connectivity index (χ1) is 13.5. The van der Waals surface area contributed by atoms with E-state index in [2.05, 4.69) is 6.92 Å². The molecule has 0 N–H and O–H groups in total. The molecule has 0 aliphatic rings.